The molecule has 2 heterocycles. The number of H-pyrrole nitrogens is 1. The number of ketones is 1. The number of furan rings is 1. The number of aliphatic hydroxyl groups excluding tert-OH is 1. The molecule has 0 unspecified atom stereocenters. The van der Waals surface area contributed by atoms with Crippen molar-refractivity contribution in [2.45, 2.75) is 25.7 Å². The van der Waals surface area contributed by atoms with Crippen LogP contribution in [0, 0.1) is 0 Å². The number of Topliss-reactive ketones (excluding diaryl/α,β-unsaturated/α-hetero) is 1. The highest BCUT2D eigenvalue weighted by atomic mass is 16.5. The zero-order chi connectivity index (χ0) is 23.5. The Labute approximate surface area is 197 Å². The number of rotatable bonds is 9. The summed E-state index contributed by atoms with van der Waals surface area (Å²) in [6, 6.07) is 22.9. The van der Waals surface area contributed by atoms with E-state index in [9.17, 15) is 9.90 Å². The molecule has 0 bridgehead atoms. The van der Waals surface area contributed by atoms with E-state index in [2.05, 4.69) is 10.2 Å². The van der Waals surface area contributed by atoms with Gasteiger partial charge in [-0.3, -0.25) is 9.89 Å². The molecule has 1 atom stereocenters. The van der Waals surface area contributed by atoms with Crippen LogP contribution in [0.2, 0.25) is 0 Å². The Morgan fingerprint density at radius 2 is 1.88 bits per heavy atom. The lowest BCUT2D eigenvalue weighted by Gasteiger charge is -2.16. The zero-order valence-electron chi connectivity index (χ0n) is 19.0. The minimum Gasteiger partial charge on any atom is -0.492 e. The van der Waals surface area contributed by atoms with E-state index in [1.54, 1.807) is 6.07 Å². The number of aromatic nitrogens is 2. The van der Waals surface area contributed by atoms with E-state index in [0.29, 0.717) is 34.9 Å². The van der Waals surface area contributed by atoms with E-state index >= 15 is 0 Å². The van der Waals surface area contributed by atoms with Gasteiger partial charge in [0, 0.05) is 17.7 Å². The van der Waals surface area contributed by atoms with Crippen molar-refractivity contribution in [2.24, 2.45) is 0 Å². The number of nitrogens with one attached hydrogen (secondary N) is 1. The maximum atomic E-state index is 13.5. The molecule has 0 spiro atoms. The second kappa shape index (κ2) is 9.53. The molecule has 0 saturated heterocycles. The number of aromatic amines is 1. The lowest BCUT2D eigenvalue weighted by molar-refractivity contribution is 0.0956. The predicted octanol–water partition coefficient (Wildman–Crippen LogP) is 6.11. The SMILES string of the molecule is CCCOc1c(C(=O)C[C@H](CO)c2ccccc2)ccc2n[nH]c(-c3cc4ccccc4o3)c12. The van der Waals surface area contributed by atoms with Crippen LogP contribution in [0.3, 0.4) is 0 Å². The van der Waals surface area contributed by atoms with E-state index in [4.69, 9.17) is 9.15 Å². The predicted molar refractivity (Wildman–Crippen MR) is 132 cm³/mol. The van der Waals surface area contributed by atoms with Crippen LogP contribution < -0.4 is 4.74 Å². The second-order valence-corrected chi connectivity index (χ2v) is 8.35. The summed E-state index contributed by atoms with van der Waals surface area (Å²) in [4.78, 5) is 13.5. The number of ether oxygens (including phenoxy) is 1. The summed E-state index contributed by atoms with van der Waals surface area (Å²) in [5.74, 6) is 0.751. The average molecular weight is 455 g/mol. The van der Waals surface area contributed by atoms with Gasteiger partial charge in [-0.25, -0.2) is 0 Å². The molecule has 6 nitrogen and oxygen atoms in total. The quantitative estimate of drug-likeness (QED) is 0.262. The minimum atomic E-state index is -0.289. The van der Waals surface area contributed by atoms with Gasteiger partial charge < -0.3 is 14.3 Å². The number of hydrogen-bond acceptors (Lipinski definition) is 5. The van der Waals surface area contributed by atoms with E-state index in [1.807, 2.05) is 73.7 Å². The molecule has 2 aromatic heterocycles. The summed E-state index contributed by atoms with van der Waals surface area (Å²) >= 11 is 0. The van der Waals surface area contributed by atoms with Crippen LogP contribution >= 0.6 is 0 Å². The Kier molecular flexibility index (Phi) is 6.14. The molecular formula is C28H26N2O4. The van der Waals surface area contributed by atoms with Crippen LogP contribution in [0.5, 0.6) is 5.75 Å². The highest BCUT2D eigenvalue weighted by Gasteiger charge is 2.24. The summed E-state index contributed by atoms with van der Waals surface area (Å²) < 4.78 is 12.2. The van der Waals surface area contributed by atoms with Crippen molar-refractivity contribution >= 4 is 27.7 Å². The summed E-state index contributed by atoms with van der Waals surface area (Å²) in [5, 5.41) is 19.2. The fourth-order valence-corrected chi connectivity index (χ4v) is 4.28. The monoisotopic (exact) mass is 454 g/mol. The van der Waals surface area contributed by atoms with Gasteiger partial charge in [0.05, 0.1) is 29.7 Å². The molecule has 34 heavy (non-hydrogen) atoms. The van der Waals surface area contributed by atoms with Crippen molar-refractivity contribution in [1.82, 2.24) is 10.2 Å². The smallest absolute Gasteiger partial charge is 0.167 e. The van der Waals surface area contributed by atoms with Gasteiger partial charge >= 0.3 is 0 Å². The first-order valence-electron chi connectivity index (χ1n) is 11.5. The van der Waals surface area contributed by atoms with Gasteiger partial charge in [-0.1, -0.05) is 55.5 Å². The molecule has 3 aromatic carbocycles. The molecule has 172 valence electrons. The Morgan fingerprint density at radius 1 is 1.09 bits per heavy atom. The molecule has 5 rings (SSSR count). The van der Waals surface area contributed by atoms with Crippen molar-refractivity contribution in [3.05, 3.63) is 83.9 Å². The average Bonchev–Trinajstić information content (AvgIpc) is 3.50. The molecule has 0 aliphatic heterocycles. The molecule has 0 amide bonds. The Balaban J connectivity index is 1.59. The van der Waals surface area contributed by atoms with E-state index < -0.39 is 0 Å². The number of aliphatic hydroxyl groups is 1. The lowest BCUT2D eigenvalue weighted by Crippen LogP contribution is -2.13. The third-order valence-electron chi connectivity index (χ3n) is 6.02. The fraction of sp³-hybridized carbons (Fsp3) is 0.214. The molecule has 0 radical (unpaired) electrons. The van der Waals surface area contributed by atoms with Gasteiger partial charge in [0.25, 0.3) is 0 Å². The Bertz CT molecular complexity index is 1400. The summed E-state index contributed by atoms with van der Waals surface area (Å²) in [5.41, 5.74) is 3.56. The first-order chi connectivity index (χ1) is 16.7. The van der Waals surface area contributed by atoms with Crippen LogP contribution in [0.25, 0.3) is 33.3 Å². The minimum absolute atomic E-state index is 0.0901. The van der Waals surface area contributed by atoms with E-state index in [1.165, 1.54) is 0 Å². The number of hydrogen-bond donors (Lipinski definition) is 2. The normalized spacial score (nSPS) is 12.3. The lowest BCUT2D eigenvalue weighted by atomic mass is 9.91. The standard InChI is InChI=1S/C28H26N2O4/c1-2-14-33-28-21(23(32)15-20(17-31)18-8-4-3-5-9-18)12-13-22-26(28)27(30-29-22)25-16-19-10-6-7-11-24(19)34-25/h3-13,16,20,31H,2,14-15,17H2,1H3,(H,29,30)/t20-/m1/s1. The number of nitrogens with zero attached hydrogens (tertiary/aromatic N) is 1. The summed E-state index contributed by atoms with van der Waals surface area (Å²) in [6.07, 6.45) is 0.970. The maximum Gasteiger partial charge on any atom is 0.167 e. The highest BCUT2D eigenvalue weighted by molar-refractivity contribution is 6.08. The molecule has 0 aliphatic rings. The Morgan fingerprint density at radius 3 is 2.65 bits per heavy atom. The number of benzene rings is 3. The van der Waals surface area contributed by atoms with Crippen LogP contribution in [0.15, 0.2) is 77.2 Å². The van der Waals surface area contributed by atoms with Gasteiger partial charge in [-0.15, -0.1) is 0 Å². The van der Waals surface area contributed by atoms with Crippen molar-refractivity contribution in [2.75, 3.05) is 13.2 Å². The number of carbonyl (C=O) groups excluding carboxylic acids is 1. The van der Waals surface area contributed by atoms with Gasteiger partial charge in [-0.2, -0.15) is 5.10 Å². The van der Waals surface area contributed by atoms with Crippen molar-refractivity contribution < 1.29 is 19.1 Å². The summed E-state index contributed by atoms with van der Waals surface area (Å²) in [6.45, 7) is 2.37. The van der Waals surface area contributed by atoms with Crippen LogP contribution in [-0.2, 0) is 0 Å². The first-order valence-corrected chi connectivity index (χ1v) is 11.5. The second-order valence-electron chi connectivity index (χ2n) is 8.35. The van der Waals surface area contributed by atoms with E-state index in [0.717, 1.165) is 28.3 Å². The third kappa shape index (κ3) is 4.08. The first kappa shape index (κ1) is 21.9. The maximum absolute atomic E-state index is 13.5. The largest absolute Gasteiger partial charge is 0.492 e. The van der Waals surface area contributed by atoms with Crippen LogP contribution in [0.4, 0.5) is 0 Å². The van der Waals surface area contributed by atoms with Gasteiger partial charge in [0.2, 0.25) is 0 Å². The molecular weight excluding hydrogens is 428 g/mol. The third-order valence-corrected chi connectivity index (χ3v) is 6.02. The molecule has 2 N–H and O–H groups in total. The van der Waals surface area contributed by atoms with Crippen molar-refractivity contribution in [3.8, 4) is 17.2 Å². The fourth-order valence-electron chi connectivity index (χ4n) is 4.28. The van der Waals surface area contributed by atoms with Gasteiger partial charge in [0.15, 0.2) is 11.5 Å². The molecule has 5 aromatic rings. The molecule has 0 fully saturated rings. The summed E-state index contributed by atoms with van der Waals surface area (Å²) in [7, 11) is 0. The van der Waals surface area contributed by atoms with Crippen molar-refractivity contribution in [1.29, 1.82) is 0 Å². The number of carbonyl (C=O) groups is 1. The van der Waals surface area contributed by atoms with Crippen LogP contribution in [-0.4, -0.2) is 34.3 Å². The molecule has 0 saturated carbocycles. The van der Waals surface area contributed by atoms with Gasteiger partial charge in [-0.05, 0) is 36.2 Å². The molecule has 6 heteroatoms. The number of fused-ring (bicyclic) bond motifs is 2. The highest BCUT2D eigenvalue weighted by Crippen LogP contribution is 2.39. The van der Waals surface area contributed by atoms with Crippen LogP contribution in [0.1, 0.15) is 41.6 Å². The van der Waals surface area contributed by atoms with Gasteiger partial charge in [0.1, 0.15) is 17.0 Å². The van der Waals surface area contributed by atoms with Crippen molar-refractivity contribution in [3.63, 3.8) is 0 Å². The van der Waals surface area contributed by atoms with E-state index in [-0.39, 0.29) is 24.7 Å². The Hall–Kier alpha value is -3.90. The topological polar surface area (TPSA) is 88.4 Å². The molecule has 0 aliphatic carbocycles. The number of para-hydroxylation sites is 1. The zero-order valence-corrected chi connectivity index (χ0v) is 19.0.